The number of carbonyl (C=O) groups excluding carboxylic acids is 1. The van der Waals surface area contributed by atoms with Crippen molar-refractivity contribution in [3.05, 3.63) is 34.9 Å². The average molecular weight is 348 g/mol. The first-order chi connectivity index (χ1) is 12.0. The van der Waals surface area contributed by atoms with Crippen molar-refractivity contribution in [3.63, 3.8) is 0 Å². The van der Waals surface area contributed by atoms with Crippen molar-refractivity contribution in [1.82, 2.24) is 0 Å². The summed E-state index contributed by atoms with van der Waals surface area (Å²) in [6.07, 6.45) is 10.5. The third-order valence-electron chi connectivity index (χ3n) is 6.86. The van der Waals surface area contributed by atoms with Crippen molar-refractivity contribution >= 4 is 5.97 Å². The summed E-state index contributed by atoms with van der Waals surface area (Å²) in [4.78, 5) is 11.4. The number of hydrogen-bond acceptors (Lipinski definition) is 2. The Morgan fingerprint density at radius 1 is 1.08 bits per heavy atom. The zero-order valence-electron chi connectivity index (χ0n) is 14.8. The second kappa shape index (κ2) is 6.37. The second-order valence-corrected chi connectivity index (χ2v) is 8.68. The highest BCUT2D eigenvalue weighted by Crippen LogP contribution is 2.61. The van der Waals surface area contributed by atoms with Crippen LogP contribution in [0, 0.1) is 34.8 Å². The van der Waals surface area contributed by atoms with E-state index in [1.54, 1.807) is 0 Å². The Hall–Kier alpha value is -1.45. The molecule has 0 N–H and O–H groups in total. The van der Waals surface area contributed by atoms with Crippen LogP contribution in [0.3, 0.4) is 0 Å². The number of esters is 1. The third kappa shape index (κ3) is 3.20. The molecule has 4 aliphatic carbocycles. The van der Waals surface area contributed by atoms with Gasteiger partial charge in [-0.3, -0.25) is 0 Å². The van der Waals surface area contributed by atoms with Crippen LogP contribution in [-0.4, -0.2) is 13.1 Å². The van der Waals surface area contributed by atoms with E-state index in [0.717, 1.165) is 42.7 Å². The standard InChI is InChI=1S/C21H26F2O2/c1-25-20(24)16-8-18(22)17(19(23)9-16)3-2-4-21-10-13-5-14(11-21)7-15(6-13)12-21/h8-9,13-15H,2-7,10-12H2,1H3. The number of methoxy groups -OCH3 is 1. The van der Waals surface area contributed by atoms with E-state index < -0.39 is 17.6 Å². The van der Waals surface area contributed by atoms with E-state index in [9.17, 15) is 13.6 Å². The molecule has 0 saturated heterocycles. The van der Waals surface area contributed by atoms with Gasteiger partial charge in [-0.2, -0.15) is 0 Å². The molecule has 4 heteroatoms. The Balaban J connectivity index is 1.41. The monoisotopic (exact) mass is 348 g/mol. The van der Waals surface area contributed by atoms with Crippen LogP contribution in [0.25, 0.3) is 0 Å². The van der Waals surface area contributed by atoms with Gasteiger partial charge in [-0.1, -0.05) is 0 Å². The van der Waals surface area contributed by atoms with Crippen molar-refractivity contribution in [2.75, 3.05) is 7.11 Å². The van der Waals surface area contributed by atoms with E-state index in [0.29, 0.717) is 11.8 Å². The molecule has 0 amide bonds. The maximum atomic E-state index is 14.2. The average Bonchev–Trinajstić information content (AvgIpc) is 2.55. The second-order valence-electron chi connectivity index (χ2n) is 8.68. The third-order valence-corrected chi connectivity index (χ3v) is 6.86. The van der Waals surface area contributed by atoms with E-state index in [1.807, 2.05) is 0 Å². The van der Waals surface area contributed by atoms with Crippen LogP contribution in [0.5, 0.6) is 0 Å². The largest absolute Gasteiger partial charge is 0.465 e. The van der Waals surface area contributed by atoms with E-state index >= 15 is 0 Å². The number of benzene rings is 1. The Labute approximate surface area is 147 Å². The fourth-order valence-corrected chi connectivity index (χ4v) is 6.31. The molecule has 0 spiro atoms. The summed E-state index contributed by atoms with van der Waals surface area (Å²) in [5, 5.41) is 0. The molecule has 0 unspecified atom stereocenters. The SMILES string of the molecule is COC(=O)c1cc(F)c(CCCC23CC4CC(CC(C4)C2)C3)c(F)c1. The quantitative estimate of drug-likeness (QED) is 0.676. The molecule has 4 saturated carbocycles. The summed E-state index contributed by atoms with van der Waals surface area (Å²) in [6.45, 7) is 0. The first-order valence-corrected chi connectivity index (χ1v) is 9.54. The molecule has 1 aromatic rings. The van der Waals surface area contributed by atoms with Crippen molar-refractivity contribution in [1.29, 1.82) is 0 Å². The molecular formula is C21H26F2O2. The van der Waals surface area contributed by atoms with Crippen molar-refractivity contribution in [2.45, 2.75) is 57.8 Å². The smallest absolute Gasteiger partial charge is 0.338 e. The van der Waals surface area contributed by atoms with Crippen LogP contribution < -0.4 is 0 Å². The minimum absolute atomic E-state index is 0.0673. The number of halogens is 2. The van der Waals surface area contributed by atoms with E-state index in [2.05, 4.69) is 4.74 Å². The Morgan fingerprint density at radius 2 is 1.60 bits per heavy atom. The van der Waals surface area contributed by atoms with Crippen molar-refractivity contribution in [2.24, 2.45) is 23.2 Å². The lowest BCUT2D eigenvalue weighted by Gasteiger charge is -2.57. The van der Waals surface area contributed by atoms with Gasteiger partial charge in [-0.05, 0) is 93.1 Å². The molecule has 2 nitrogen and oxygen atoms in total. The van der Waals surface area contributed by atoms with Gasteiger partial charge in [0.05, 0.1) is 12.7 Å². The summed E-state index contributed by atoms with van der Waals surface area (Å²) >= 11 is 0. The van der Waals surface area contributed by atoms with Gasteiger partial charge < -0.3 is 4.74 Å². The molecule has 1 aromatic carbocycles. The van der Waals surface area contributed by atoms with E-state index in [1.165, 1.54) is 45.6 Å². The molecule has 136 valence electrons. The van der Waals surface area contributed by atoms with Gasteiger partial charge in [0.1, 0.15) is 11.6 Å². The summed E-state index contributed by atoms with van der Waals surface area (Å²) in [5.74, 6) is 0.729. The van der Waals surface area contributed by atoms with Gasteiger partial charge in [0.25, 0.3) is 0 Å². The van der Waals surface area contributed by atoms with E-state index in [4.69, 9.17) is 0 Å². The minimum atomic E-state index is -0.710. The summed E-state index contributed by atoms with van der Waals surface area (Å²) in [7, 11) is 1.21. The number of carbonyl (C=O) groups is 1. The zero-order valence-corrected chi connectivity index (χ0v) is 14.8. The summed E-state index contributed by atoms with van der Waals surface area (Å²) in [6, 6.07) is 2.18. The molecule has 4 bridgehead atoms. The molecule has 0 aliphatic heterocycles. The fourth-order valence-electron chi connectivity index (χ4n) is 6.31. The molecule has 0 heterocycles. The lowest BCUT2D eigenvalue weighted by atomic mass is 9.48. The van der Waals surface area contributed by atoms with Gasteiger partial charge in [-0.25, -0.2) is 13.6 Å². The minimum Gasteiger partial charge on any atom is -0.465 e. The Bertz CT molecular complexity index is 624. The lowest BCUT2D eigenvalue weighted by Crippen LogP contribution is -2.45. The topological polar surface area (TPSA) is 26.3 Å². The van der Waals surface area contributed by atoms with Crippen molar-refractivity contribution in [3.8, 4) is 0 Å². The van der Waals surface area contributed by atoms with Gasteiger partial charge in [0.2, 0.25) is 0 Å². The van der Waals surface area contributed by atoms with Crippen LogP contribution in [0.1, 0.15) is 67.3 Å². The zero-order chi connectivity index (χ0) is 17.6. The Kier molecular flexibility index (Phi) is 4.33. The molecule has 5 rings (SSSR count). The molecule has 0 atom stereocenters. The molecular weight excluding hydrogens is 322 g/mol. The molecule has 0 aromatic heterocycles. The first-order valence-electron chi connectivity index (χ1n) is 9.54. The van der Waals surface area contributed by atoms with E-state index in [-0.39, 0.29) is 11.1 Å². The van der Waals surface area contributed by atoms with Gasteiger partial charge in [-0.15, -0.1) is 0 Å². The van der Waals surface area contributed by atoms with Crippen LogP contribution in [-0.2, 0) is 11.2 Å². The summed E-state index contributed by atoms with van der Waals surface area (Å²) in [5.41, 5.74) is 0.480. The fraction of sp³-hybridized carbons (Fsp3) is 0.667. The van der Waals surface area contributed by atoms with Gasteiger partial charge in [0, 0.05) is 5.56 Å². The highest BCUT2D eigenvalue weighted by atomic mass is 19.1. The first kappa shape index (κ1) is 17.0. The van der Waals surface area contributed by atoms with Gasteiger partial charge in [0.15, 0.2) is 0 Å². The Morgan fingerprint density at radius 3 is 2.08 bits per heavy atom. The number of ether oxygens (including phenoxy) is 1. The van der Waals surface area contributed by atoms with Crippen LogP contribution in [0.15, 0.2) is 12.1 Å². The van der Waals surface area contributed by atoms with Gasteiger partial charge >= 0.3 is 5.97 Å². The highest BCUT2D eigenvalue weighted by molar-refractivity contribution is 5.89. The normalized spacial score (nSPS) is 32.8. The molecule has 0 radical (unpaired) electrons. The van der Waals surface area contributed by atoms with Crippen LogP contribution >= 0.6 is 0 Å². The predicted molar refractivity (Wildman–Crippen MR) is 91.2 cm³/mol. The highest BCUT2D eigenvalue weighted by Gasteiger charge is 2.50. The van der Waals surface area contributed by atoms with Crippen LogP contribution in [0.4, 0.5) is 8.78 Å². The van der Waals surface area contributed by atoms with Crippen LogP contribution in [0.2, 0.25) is 0 Å². The maximum Gasteiger partial charge on any atom is 0.338 e. The number of hydrogen-bond donors (Lipinski definition) is 0. The molecule has 4 fully saturated rings. The molecule has 25 heavy (non-hydrogen) atoms. The number of rotatable bonds is 5. The van der Waals surface area contributed by atoms with Crippen molar-refractivity contribution < 1.29 is 18.3 Å². The lowest BCUT2D eigenvalue weighted by molar-refractivity contribution is -0.0580. The summed E-state index contributed by atoms with van der Waals surface area (Å²) < 4.78 is 33.0. The maximum absolute atomic E-state index is 14.2. The predicted octanol–water partition coefficient (Wildman–Crippen LogP) is 5.29. The molecule has 4 aliphatic rings.